The fourth-order valence-corrected chi connectivity index (χ4v) is 4.43. The molecule has 2 amide bonds. The highest BCUT2D eigenvalue weighted by molar-refractivity contribution is 7.99. The maximum atomic E-state index is 12.3. The minimum absolute atomic E-state index is 0.00343. The van der Waals surface area contributed by atoms with Crippen molar-refractivity contribution in [2.75, 3.05) is 13.3 Å². The van der Waals surface area contributed by atoms with E-state index >= 15 is 0 Å². The predicted octanol–water partition coefficient (Wildman–Crippen LogP) is 1.65. The van der Waals surface area contributed by atoms with E-state index in [0.717, 1.165) is 37.5 Å². The molecule has 1 aliphatic carbocycles. The van der Waals surface area contributed by atoms with Crippen LogP contribution in [0.5, 0.6) is 0 Å². The Kier molecular flexibility index (Phi) is 4.37. The quantitative estimate of drug-likeness (QED) is 0.918. The first kappa shape index (κ1) is 14.7. The monoisotopic (exact) mass is 309 g/mol. The van der Waals surface area contributed by atoms with Gasteiger partial charge in [0.2, 0.25) is 0 Å². The molecule has 1 aromatic heterocycles. The molecule has 0 saturated heterocycles. The Labute approximate surface area is 129 Å². The fraction of sp³-hybridized carbons (Fsp3) is 0.786. The van der Waals surface area contributed by atoms with E-state index in [4.69, 9.17) is 0 Å². The lowest BCUT2D eigenvalue weighted by atomic mass is 10.2. The highest BCUT2D eigenvalue weighted by Gasteiger charge is 2.32. The van der Waals surface area contributed by atoms with Crippen LogP contribution in [-0.4, -0.2) is 50.3 Å². The topological polar surface area (TPSA) is 63.1 Å². The van der Waals surface area contributed by atoms with Crippen molar-refractivity contribution < 1.29 is 4.79 Å². The Morgan fingerprint density at radius 1 is 1.43 bits per heavy atom. The van der Waals surface area contributed by atoms with Crippen LogP contribution in [0, 0.1) is 0 Å². The van der Waals surface area contributed by atoms with Crippen LogP contribution in [0.3, 0.4) is 0 Å². The average Bonchev–Trinajstić information content (AvgIpc) is 3.19. The molecule has 1 fully saturated rings. The Morgan fingerprint density at radius 3 is 3.10 bits per heavy atom. The molecule has 116 valence electrons. The van der Waals surface area contributed by atoms with E-state index < -0.39 is 0 Å². The lowest BCUT2D eigenvalue weighted by Crippen LogP contribution is -2.45. The van der Waals surface area contributed by atoms with Gasteiger partial charge >= 0.3 is 6.03 Å². The minimum atomic E-state index is -0.00343. The third kappa shape index (κ3) is 2.88. The minimum Gasteiger partial charge on any atom is -0.331 e. The van der Waals surface area contributed by atoms with Crippen molar-refractivity contribution in [2.24, 2.45) is 0 Å². The first-order chi connectivity index (χ1) is 10.2. The number of fused-ring (bicyclic) bond motifs is 1. The van der Waals surface area contributed by atoms with E-state index in [1.807, 2.05) is 23.7 Å². The smallest absolute Gasteiger partial charge is 0.317 e. The summed E-state index contributed by atoms with van der Waals surface area (Å²) in [5.41, 5.74) is 0. The van der Waals surface area contributed by atoms with Gasteiger partial charge in [-0.05, 0) is 25.5 Å². The summed E-state index contributed by atoms with van der Waals surface area (Å²) in [6, 6.07) is 0.348. The SMILES string of the molecule is CSC1CCCC1N(C)C(=O)NCc1nnc2n1CCC2. The van der Waals surface area contributed by atoms with E-state index in [-0.39, 0.29) is 6.03 Å². The molecule has 0 radical (unpaired) electrons. The van der Waals surface area contributed by atoms with Crippen LogP contribution in [-0.2, 0) is 19.5 Å². The van der Waals surface area contributed by atoms with Crippen LogP contribution in [0.25, 0.3) is 0 Å². The zero-order valence-electron chi connectivity index (χ0n) is 12.7. The Bertz CT molecular complexity index is 517. The molecule has 0 spiro atoms. The number of urea groups is 1. The van der Waals surface area contributed by atoms with Gasteiger partial charge in [0.1, 0.15) is 5.82 Å². The number of aryl methyl sites for hydroxylation is 1. The Balaban J connectivity index is 1.56. The number of thioether (sulfide) groups is 1. The number of aromatic nitrogens is 3. The molecular weight excluding hydrogens is 286 g/mol. The van der Waals surface area contributed by atoms with Gasteiger partial charge in [-0.1, -0.05) is 6.42 Å². The number of amides is 2. The van der Waals surface area contributed by atoms with E-state index in [2.05, 4.69) is 26.3 Å². The van der Waals surface area contributed by atoms with E-state index in [0.29, 0.717) is 17.8 Å². The second-order valence-electron chi connectivity index (χ2n) is 5.83. The Hall–Kier alpha value is -1.24. The van der Waals surface area contributed by atoms with Crippen LogP contribution in [0.4, 0.5) is 4.79 Å². The van der Waals surface area contributed by atoms with Crippen molar-refractivity contribution in [3.63, 3.8) is 0 Å². The van der Waals surface area contributed by atoms with E-state index in [1.54, 1.807) is 0 Å². The van der Waals surface area contributed by atoms with Crippen molar-refractivity contribution >= 4 is 17.8 Å². The van der Waals surface area contributed by atoms with Crippen LogP contribution in [0.15, 0.2) is 0 Å². The fourth-order valence-electron chi connectivity index (χ4n) is 3.40. The van der Waals surface area contributed by atoms with Crippen LogP contribution in [0.2, 0.25) is 0 Å². The molecule has 0 aromatic carbocycles. The molecule has 2 heterocycles. The van der Waals surface area contributed by atoms with Crippen molar-refractivity contribution in [2.45, 2.75) is 56.5 Å². The molecule has 6 nitrogen and oxygen atoms in total. The second kappa shape index (κ2) is 6.25. The number of carbonyl (C=O) groups is 1. The summed E-state index contributed by atoms with van der Waals surface area (Å²) < 4.78 is 2.13. The zero-order chi connectivity index (χ0) is 14.8. The molecule has 21 heavy (non-hydrogen) atoms. The third-order valence-corrected chi connectivity index (χ3v) is 5.78. The van der Waals surface area contributed by atoms with Crippen LogP contribution >= 0.6 is 11.8 Å². The standard InChI is InChI=1S/C14H23N5OS/c1-18(10-5-3-6-11(10)21-2)14(20)15-9-13-17-16-12-7-4-8-19(12)13/h10-11H,3-9H2,1-2H3,(H,15,20). The number of hydrogen-bond acceptors (Lipinski definition) is 4. The molecule has 2 unspecified atom stereocenters. The molecule has 7 heteroatoms. The predicted molar refractivity (Wildman–Crippen MR) is 83.3 cm³/mol. The molecule has 1 aliphatic heterocycles. The van der Waals surface area contributed by atoms with E-state index in [9.17, 15) is 4.79 Å². The zero-order valence-corrected chi connectivity index (χ0v) is 13.5. The Morgan fingerprint density at radius 2 is 2.29 bits per heavy atom. The number of nitrogens with zero attached hydrogens (tertiary/aromatic N) is 4. The molecular formula is C14H23N5OS. The van der Waals surface area contributed by atoms with Gasteiger partial charge in [-0.25, -0.2) is 4.79 Å². The summed E-state index contributed by atoms with van der Waals surface area (Å²) in [5, 5.41) is 11.9. The summed E-state index contributed by atoms with van der Waals surface area (Å²) in [4.78, 5) is 14.2. The highest BCUT2D eigenvalue weighted by Crippen LogP contribution is 2.31. The largest absolute Gasteiger partial charge is 0.331 e. The maximum Gasteiger partial charge on any atom is 0.317 e. The summed E-state index contributed by atoms with van der Waals surface area (Å²) in [5.74, 6) is 1.92. The average molecular weight is 309 g/mol. The molecule has 2 atom stereocenters. The molecule has 0 bridgehead atoms. The normalized spacial score (nSPS) is 24.1. The summed E-state index contributed by atoms with van der Waals surface area (Å²) >= 11 is 1.87. The lowest BCUT2D eigenvalue weighted by Gasteiger charge is -2.28. The molecule has 1 aromatic rings. The van der Waals surface area contributed by atoms with Gasteiger partial charge in [-0.3, -0.25) is 0 Å². The first-order valence-electron chi connectivity index (χ1n) is 7.65. The van der Waals surface area contributed by atoms with Crippen molar-refractivity contribution in [3.05, 3.63) is 11.6 Å². The number of rotatable bonds is 4. The third-order valence-electron chi connectivity index (χ3n) is 4.62. The number of hydrogen-bond donors (Lipinski definition) is 1. The summed E-state index contributed by atoms with van der Waals surface area (Å²) in [6.07, 6.45) is 7.79. The van der Waals surface area contributed by atoms with Gasteiger partial charge in [0.25, 0.3) is 0 Å². The van der Waals surface area contributed by atoms with Gasteiger partial charge in [-0.2, -0.15) is 11.8 Å². The van der Waals surface area contributed by atoms with Gasteiger partial charge in [0, 0.05) is 31.3 Å². The lowest BCUT2D eigenvalue weighted by molar-refractivity contribution is 0.191. The van der Waals surface area contributed by atoms with Crippen molar-refractivity contribution in [1.82, 2.24) is 25.0 Å². The van der Waals surface area contributed by atoms with Gasteiger partial charge in [0.15, 0.2) is 5.82 Å². The summed E-state index contributed by atoms with van der Waals surface area (Å²) in [7, 11) is 1.91. The van der Waals surface area contributed by atoms with Crippen LogP contribution < -0.4 is 5.32 Å². The maximum absolute atomic E-state index is 12.3. The summed E-state index contributed by atoms with van der Waals surface area (Å²) in [6.45, 7) is 1.44. The van der Waals surface area contributed by atoms with Crippen molar-refractivity contribution in [1.29, 1.82) is 0 Å². The van der Waals surface area contributed by atoms with Crippen LogP contribution in [0.1, 0.15) is 37.3 Å². The molecule has 2 aliphatic rings. The number of carbonyl (C=O) groups excluding carboxylic acids is 1. The van der Waals surface area contributed by atoms with Crippen molar-refractivity contribution in [3.8, 4) is 0 Å². The van der Waals surface area contributed by atoms with E-state index in [1.165, 1.54) is 12.8 Å². The molecule has 3 rings (SSSR count). The number of nitrogens with one attached hydrogen (secondary N) is 1. The molecule has 1 N–H and O–H groups in total. The van der Waals surface area contributed by atoms with Gasteiger partial charge < -0.3 is 14.8 Å². The first-order valence-corrected chi connectivity index (χ1v) is 8.94. The highest BCUT2D eigenvalue weighted by atomic mass is 32.2. The molecule has 1 saturated carbocycles. The van der Waals surface area contributed by atoms with Gasteiger partial charge in [0.05, 0.1) is 6.54 Å². The van der Waals surface area contributed by atoms with Gasteiger partial charge in [-0.15, -0.1) is 10.2 Å². The second-order valence-corrected chi connectivity index (χ2v) is 6.91.